The predicted molar refractivity (Wildman–Crippen MR) is 139 cm³/mol. The topological polar surface area (TPSA) is 85.3 Å². The molecule has 0 atom stereocenters. The third-order valence-electron chi connectivity index (χ3n) is 6.82. The van der Waals surface area contributed by atoms with Gasteiger partial charge >= 0.3 is 12.2 Å². The zero-order valence-electron chi connectivity index (χ0n) is 21.0. The molecule has 0 bridgehead atoms. The van der Waals surface area contributed by atoms with Crippen molar-refractivity contribution in [3.05, 3.63) is 99.4 Å². The number of aromatic amines is 1. The highest BCUT2D eigenvalue weighted by Gasteiger charge is 2.31. The number of benzene rings is 2. The van der Waals surface area contributed by atoms with Crippen LogP contribution in [0.2, 0.25) is 0 Å². The predicted octanol–water partition coefficient (Wildman–Crippen LogP) is 5.28. The lowest BCUT2D eigenvalue weighted by Gasteiger charge is -2.28. The second kappa shape index (κ2) is 9.64. The van der Waals surface area contributed by atoms with Crippen LogP contribution in [0.4, 0.5) is 19.1 Å². The number of anilines is 1. The summed E-state index contributed by atoms with van der Waals surface area (Å²) in [4.78, 5) is 28.0. The van der Waals surface area contributed by atoms with Crippen LogP contribution in [0.5, 0.6) is 6.01 Å². The molecule has 3 heterocycles. The van der Waals surface area contributed by atoms with Crippen LogP contribution in [0, 0.1) is 0 Å². The zero-order valence-corrected chi connectivity index (χ0v) is 21.0. The van der Waals surface area contributed by atoms with Crippen molar-refractivity contribution in [1.82, 2.24) is 19.5 Å². The summed E-state index contributed by atoms with van der Waals surface area (Å²) in [6.45, 7) is 0.660. The lowest BCUT2D eigenvalue weighted by molar-refractivity contribution is -0.137. The van der Waals surface area contributed by atoms with Gasteiger partial charge in [0, 0.05) is 25.5 Å². The lowest BCUT2D eigenvalue weighted by atomic mass is 10.1. The molecule has 0 fully saturated rings. The minimum atomic E-state index is -4.45. The minimum Gasteiger partial charge on any atom is -0.501 e. The number of halogens is 3. The fourth-order valence-corrected chi connectivity index (χ4v) is 4.81. The Hall–Kier alpha value is -4.54. The number of imidazole rings is 1. The van der Waals surface area contributed by atoms with Gasteiger partial charge in [0.05, 0.1) is 53.0 Å². The van der Waals surface area contributed by atoms with Gasteiger partial charge in [-0.1, -0.05) is 18.2 Å². The molecule has 6 rings (SSSR count). The van der Waals surface area contributed by atoms with Crippen molar-refractivity contribution < 1.29 is 22.6 Å². The number of nitrogens with one attached hydrogen (secondary N) is 1. The van der Waals surface area contributed by atoms with Crippen LogP contribution in [0.1, 0.15) is 29.7 Å². The summed E-state index contributed by atoms with van der Waals surface area (Å²) in [7, 11) is 1.61. The number of methoxy groups -OCH3 is 1. The second-order valence-electron chi connectivity index (χ2n) is 9.32. The van der Waals surface area contributed by atoms with Crippen molar-refractivity contribution in [2.75, 3.05) is 18.6 Å². The van der Waals surface area contributed by atoms with Gasteiger partial charge in [0.2, 0.25) is 5.95 Å². The van der Waals surface area contributed by atoms with Crippen LogP contribution >= 0.6 is 0 Å². The van der Waals surface area contributed by atoms with E-state index in [0.29, 0.717) is 47.1 Å². The maximum absolute atomic E-state index is 13.9. The largest absolute Gasteiger partial charge is 0.501 e. The molecule has 0 saturated heterocycles. The van der Waals surface area contributed by atoms with E-state index in [1.54, 1.807) is 25.3 Å². The number of hydrogen-bond acceptors (Lipinski definition) is 6. The summed E-state index contributed by atoms with van der Waals surface area (Å²) in [5.41, 5.74) is 1.34. The molecule has 8 nitrogen and oxygen atoms in total. The molecule has 1 aliphatic heterocycles. The van der Waals surface area contributed by atoms with Crippen molar-refractivity contribution in [2.45, 2.75) is 32.0 Å². The second-order valence-corrected chi connectivity index (χ2v) is 9.32. The molecule has 1 aliphatic carbocycles. The molecule has 200 valence electrons. The fraction of sp³-hybridized carbons (Fsp3) is 0.250. The molecule has 2 aliphatic rings. The molecule has 0 amide bonds. The SMILES string of the molecule is COC1=CC(Oc2nc3c(c(=O)n2-c2ccccc2)CN(c2nc4ccc(C(F)(F)F)cc4[nH]2)CC3)=CCC1. The van der Waals surface area contributed by atoms with E-state index in [1.807, 2.05) is 29.2 Å². The molecular formula is C28H24F3N5O3. The summed E-state index contributed by atoms with van der Waals surface area (Å²) in [6, 6.07) is 12.6. The van der Waals surface area contributed by atoms with Gasteiger partial charge in [-0.15, -0.1) is 0 Å². The van der Waals surface area contributed by atoms with Crippen molar-refractivity contribution >= 4 is 17.0 Å². The number of fused-ring (bicyclic) bond motifs is 2. The van der Waals surface area contributed by atoms with Gasteiger partial charge in [0.15, 0.2) is 0 Å². The first-order valence-electron chi connectivity index (χ1n) is 12.4. The quantitative estimate of drug-likeness (QED) is 0.375. The van der Waals surface area contributed by atoms with Crippen LogP contribution in [-0.2, 0) is 23.9 Å². The molecule has 0 spiro atoms. The number of ether oxygens (including phenoxy) is 2. The Bertz CT molecular complexity index is 1670. The maximum Gasteiger partial charge on any atom is 0.416 e. The minimum absolute atomic E-state index is 0.154. The van der Waals surface area contributed by atoms with E-state index in [9.17, 15) is 18.0 Å². The third kappa shape index (κ3) is 4.75. The van der Waals surface area contributed by atoms with Gasteiger partial charge in [-0.05, 0) is 42.8 Å². The van der Waals surface area contributed by atoms with Gasteiger partial charge in [0.1, 0.15) is 5.76 Å². The van der Waals surface area contributed by atoms with Gasteiger partial charge in [-0.2, -0.15) is 13.2 Å². The molecule has 4 aromatic rings. The van der Waals surface area contributed by atoms with E-state index in [0.717, 1.165) is 30.7 Å². The molecular weight excluding hydrogens is 511 g/mol. The van der Waals surface area contributed by atoms with Crippen LogP contribution in [0.3, 0.4) is 0 Å². The Kier molecular flexibility index (Phi) is 6.13. The van der Waals surface area contributed by atoms with E-state index in [-0.39, 0.29) is 23.6 Å². The average molecular weight is 536 g/mol. The molecule has 0 saturated carbocycles. The number of H-pyrrole nitrogens is 1. The normalized spacial score (nSPS) is 15.5. The summed E-state index contributed by atoms with van der Waals surface area (Å²) < 4.78 is 52.5. The van der Waals surface area contributed by atoms with Gasteiger partial charge in [-0.3, -0.25) is 4.79 Å². The lowest BCUT2D eigenvalue weighted by Crippen LogP contribution is -2.38. The van der Waals surface area contributed by atoms with Crippen molar-refractivity contribution in [1.29, 1.82) is 0 Å². The van der Waals surface area contributed by atoms with E-state index >= 15 is 0 Å². The number of allylic oxidation sites excluding steroid dienone is 3. The smallest absolute Gasteiger partial charge is 0.416 e. The highest BCUT2D eigenvalue weighted by molar-refractivity contribution is 5.78. The van der Waals surface area contributed by atoms with Gasteiger partial charge < -0.3 is 19.4 Å². The van der Waals surface area contributed by atoms with Crippen LogP contribution in [0.15, 0.2) is 77.0 Å². The fourth-order valence-electron chi connectivity index (χ4n) is 4.81. The molecule has 1 N–H and O–H groups in total. The first kappa shape index (κ1) is 24.8. The number of nitrogens with zero attached hydrogens (tertiary/aromatic N) is 4. The molecule has 2 aromatic heterocycles. The van der Waals surface area contributed by atoms with E-state index in [2.05, 4.69) is 9.97 Å². The van der Waals surface area contributed by atoms with Crippen molar-refractivity contribution in [3.63, 3.8) is 0 Å². The summed E-state index contributed by atoms with van der Waals surface area (Å²) >= 11 is 0. The highest BCUT2D eigenvalue weighted by atomic mass is 19.4. The number of hydrogen-bond donors (Lipinski definition) is 1. The molecule has 0 radical (unpaired) electrons. The monoisotopic (exact) mass is 535 g/mol. The Morgan fingerprint density at radius 1 is 1.05 bits per heavy atom. The molecule has 2 aromatic carbocycles. The number of rotatable bonds is 5. The summed E-state index contributed by atoms with van der Waals surface area (Å²) in [6.07, 6.45) is 1.20. The molecule has 39 heavy (non-hydrogen) atoms. The Morgan fingerprint density at radius 3 is 2.64 bits per heavy atom. The number of aromatic nitrogens is 4. The summed E-state index contributed by atoms with van der Waals surface area (Å²) in [5, 5.41) is 0. The Balaban J connectivity index is 1.38. The first-order valence-corrected chi connectivity index (χ1v) is 12.4. The summed E-state index contributed by atoms with van der Waals surface area (Å²) in [5.74, 6) is 1.72. The molecule has 11 heteroatoms. The number of alkyl halides is 3. The van der Waals surface area contributed by atoms with Crippen LogP contribution < -0.4 is 15.2 Å². The van der Waals surface area contributed by atoms with E-state index in [1.165, 1.54) is 10.6 Å². The van der Waals surface area contributed by atoms with Crippen LogP contribution in [0.25, 0.3) is 16.7 Å². The van der Waals surface area contributed by atoms with Gasteiger partial charge in [0.25, 0.3) is 5.56 Å². The maximum atomic E-state index is 13.9. The Morgan fingerprint density at radius 2 is 1.87 bits per heavy atom. The highest BCUT2D eigenvalue weighted by Crippen LogP contribution is 2.32. The van der Waals surface area contributed by atoms with E-state index in [4.69, 9.17) is 14.5 Å². The van der Waals surface area contributed by atoms with Crippen molar-refractivity contribution in [2.24, 2.45) is 0 Å². The number of para-hydroxylation sites is 1. The standard InChI is InChI=1S/C28H24F3N5O3/c1-38-19-8-5-9-20(15-19)39-27-34-22-12-13-35(16-21(22)25(37)36(27)18-6-3-2-4-7-18)26-32-23-11-10-17(28(29,30)31)14-24(23)33-26/h2-4,6-7,9-11,14-15H,5,8,12-13,16H2,1H3,(H,32,33). The Labute approximate surface area is 221 Å². The molecule has 0 unspecified atom stereocenters. The average Bonchev–Trinajstić information content (AvgIpc) is 3.37. The van der Waals surface area contributed by atoms with Crippen molar-refractivity contribution in [3.8, 4) is 11.7 Å². The first-order chi connectivity index (χ1) is 18.8. The third-order valence-corrected chi connectivity index (χ3v) is 6.82. The van der Waals surface area contributed by atoms with E-state index < -0.39 is 11.7 Å². The van der Waals surface area contributed by atoms with Crippen LogP contribution in [-0.4, -0.2) is 33.2 Å². The van der Waals surface area contributed by atoms with Gasteiger partial charge in [-0.25, -0.2) is 14.5 Å². The zero-order chi connectivity index (χ0) is 27.1.